The molecule has 1 N–H and O–H groups in total. The number of nitrogens with one attached hydrogen (secondary N) is 1. The van der Waals surface area contributed by atoms with Gasteiger partial charge >= 0.3 is 0 Å². The molecular weight excluding hydrogens is 188 g/mol. The third-order valence-electron chi connectivity index (χ3n) is 2.70. The van der Waals surface area contributed by atoms with Gasteiger partial charge in [0.05, 0.1) is 12.2 Å². The molecule has 0 spiro atoms. The van der Waals surface area contributed by atoms with Crippen molar-refractivity contribution >= 4 is 0 Å². The smallest absolute Gasteiger partial charge is 0.0591 e. The fourth-order valence-electron chi connectivity index (χ4n) is 1.88. The van der Waals surface area contributed by atoms with Gasteiger partial charge in [-0.3, -0.25) is 9.58 Å². The van der Waals surface area contributed by atoms with Gasteiger partial charge in [0.15, 0.2) is 0 Å². The highest BCUT2D eigenvalue weighted by molar-refractivity contribution is 5.01. The fraction of sp³-hybridized carbons (Fsp3) is 0.545. The zero-order valence-electron chi connectivity index (χ0n) is 9.02. The van der Waals surface area contributed by atoms with Crippen molar-refractivity contribution in [2.24, 2.45) is 0 Å². The normalized spacial score (nSPS) is 17.9. The first kappa shape index (κ1) is 10.4. The summed E-state index contributed by atoms with van der Waals surface area (Å²) in [6.45, 7) is 9.97. The summed E-state index contributed by atoms with van der Waals surface area (Å²) >= 11 is 0. The van der Waals surface area contributed by atoms with Crippen LogP contribution < -0.4 is 5.32 Å². The SMILES string of the molecule is C=CCn1nccc1CN1CCNCC1. The number of piperazine rings is 1. The van der Waals surface area contributed by atoms with E-state index in [0.717, 1.165) is 39.3 Å². The van der Waals surface area contributed by atoms with E-state index >= 15 is 0 Å². The standard InChI is InChI=1S/C11H18N4/c1-2-7-15-11(3-4-13-15)10-14-8-5-12-6-9-14/h2-4,12H,1,5-10H2. The zero-order valence-corrected chi connectivity index (χ0v) is 9.02. The predicted molar refractivity (Wildman–Crippen MR) is 60.6 cm³/mol. The molecule has 2 heterocycles. The molecule has 0 atom stereocenters. The van der Waals surface area contributed by atoms with Gasteiger partial charge in [0.1, 0.15) is 0 Å². The molecule has 1 aromatic heterocycles. The second kappa shape index (κ2) is 5.09. The molecule has 1 aliphatic heterocycles. The number of nitrogens with zero attached hydrogens (tertiary/aromatic N) is 3. The van der Waals surface area contributed by atoms with Crippen LogP contribution >= 0.6 is 0 Å². The Morgan fingerprint density at radius 3 is 3.00 bits per heavy atom. The molecule has 0 amide bonds. The van der Waals surface area contributed by atoms with Crippen molar-refractivity contribution in [2.75, 3.05) is 26.2 Å². The lowest BCUT2D eigenvalue weighted by atomic mass is 10.3. The number of rotatable bonds is 4. The second-order valence-corrected chi connectivity index (χ2v) is 3.82. The summed E-state index contributed by atoms with van der Waals surface area (Å²) in [6, 6.07) is 2.09. The van der Waals surface area contributed by atoms with E-state index in [0.29, 0.717) is 0 Å². The average Bonchev–Trinajstić information content (AvgIpc) is 2.68. The van der Waals surface area contributed by atoms with Gasteiger partial charge < -0.3 is 5.32 Å². The van der Waals surface area contributed by atoms with Crippen LogP contribution in [-0.2, 0) is 13.1 Å². The largest absolute Gasteiger partial charge is 0.314 e. The van der Waals surface area contributed by atoms with E-state index in [9.17, 15) is 0 Å². The summed E-state index contributed by atoms with van der Waals surface area (Å²) in [7, 11) is 0. The van der Waals surface area contributed by atoms with Gasteiger partial charge in [-0.25, -0.2) is 0 Å². The fourth-order valence-corrected chi connectivity index (χ4v) is 1.88. The van der Waals surface area contributed by atoms with Gasteiger partial charge in [-0.05, 0) is 6.07 Å². The minimum Gasteiger partial charge on any atom is -0.314 e. The van der Waals surface area contributed by atoms with Crippen LogP contribution in [0.1, 0.15) is 5.69 Å². The summed E-state index contributed by atoms with van der Waals surface area (Å²) in [5, 5.41) is 7.63. The highest BCUT2D eigenvalue weighted by Gasteiger charge is 2.11. The average molecular weight is 206 g/mol. The van der Waals surface area contributed by atoms with E-state index < -0.39 is 0 Å². The van der Waals surface area contributed by atoms with Crippen molar-refractivity contribution in [1.82, 2.24) is 20.0 Å². The van der Waals surface area contributed by atoms with Crippen LogP contribution in [-0.4, -0.2) is 40.9 Å². The summed E-state index contributed by atoms with van der Waals surface area (Å²) in [4.78, 5) is 2.45. The van der Waals surface area contributed by atoms with Crippen molar-refractivity contribution in [3.05, 3.63) is 30.6 Å². The van der Waals surface area contributed by atoms with Crippen LogP contribution in [0.25, 0.3) is 0 Å². The maximum absolute atomic E-state index is 4.27. The zero-order chi connectivity index (χ0) is 10.5. The van der Waals surface area contributed by atoms with Crippen LogP contribution in [0.2, 0.25) is 0 Å². The first-order valence-electron chi connectivity index (χ1n) is 5.45. The highest BCUT2D eigenvalue weighted by Crippen LogP contribution is 2.05. The van der Waals surface area contributed by atoms with E-state index in [1.807, 2.05) is 17.0 Å². The molecule has 4 nitrogen and oxygen atoms in total. The first-order valence-corrected chi connectivity index (χ1v) is 5.45. The van der Waals surface area contributed by atoms with Crippen molar-refractivity contribution in [3.63, 3.8) is 0 Å². The van der Waals surface area contributed by atoms with E-state index in [1.165, 1.54) is 5.69 Å². The Hall–Kier alpha value is -1.13. The lowest BCUT2D eigenvalue weighted by Gasteiger charge is -2.27. The summed E-state index contributed by atoms with van der Waals surface area (Å²) < 4.78 is 2.01. The number of allylic oxidation sites excluding steroid dienone is 1. The monoisotopic (exact) mass is 206 g/mol. The first-order chi connectivity index (χ1) is 7.40. The minimum absolute atomic E-state index is 0.800. The number of aromatic nitrogens is 2. The molecule has 0 bridgehead atoms. The summed E-state index contributed by atoms with van der Waals surface area (Å²) in [5.41, 5.74) is 1.27. The Kier molecular flexibility index (Phi) is 3.53. The molecule has 1 aromatic rings. The lowest BCUT2D eigenvalue weighted by molar-refractivity contribution is 0.227. The summed E-state index contributed by atoms with van der Waals surface area (Å²) in [5.74, 6) is 0. The molecule has 1 aliphatic rings. The van der Waals surface area contributed by atoms with Gasteiger partial charge in [-0.1, -0.05) is 6.08 Å². The lowest BCUT2D eigenvalue weighted by Crippen LogP contribution is -2.43. The van der Waals surface area contributed by atoms with E-state index in [2.05, 4.69) is 28.0 Å². The van der Waals surface area contributed by atoms with E-state index in [-0.39, 0.29) is 0 Å². The molecule has 0 saturated carbocycles. The van der Waals surface area contributed by atoms with E-state index in [1.54, 1.807) is 0 Å². The van der Waals surface area contributed by atoms with Crippen LogP contribution in [0.5, 0.6) is 0 Å². The van der Waals surface area contributed by atoms with Crippen LogP contribution in [0, 0.1) is 0 Å². The predicted octanol–water partition coefficient (Wildman–Crippen LogP) is 0.474. The highest BCUT2D eigenvalue weighted by atomic mass is 15.3. The molecular formula is C11H18N4. The Morgan fingerprint density at radius 1 is 1.47 bits per heavy atom. The number of hydrogen-bond donors (Lipinski definition) is 1. The van der Waals surface area contributed by atoms with Gasteiger partial charge in [0, 0.05) is 38.9 Å². The molecule has 0 aromatic carbocycles. The topological polar surface area (TPSA) is 33.1 Å². The van der Waals surface area contributed by atoms with Crippen LogP contribution in [0.3, 0.4) is 0 Å². The third kappa shape index (κ3) is 2.67. The quantitative estimate of drug-likeness (QED) is 0.727. The van der Waals surface area contributed by atoms with Crippen molar-refractivity contribution in [3.8, 4) is 0 Å². The van der Waals surface area contributed by atoms with Gasteiger partial charge in [0.2, 0.25) is 0 Å². The summed E-state index contributed by atoms with van der Waals surface area (Å²) in [6.07, 6.45) is 3.75. The van der Waals surface area contributed by atoms with Gasteiger partial charge in [-0.15, -0.1) is 6.58 Å². The van der Waals surface area contributed by atoms with Gasteiger partial charge in [-0.2, -0.15) is 5.10 Å². The Morgan fingerprint density at radius 2 is 2.27 bits per heavy atom. The molecule has 2 rings (SSSR count). The molecule has 0 aliphatic carbocycles. The van der Waals surface area contributed by atoms with Gasteiger partial charge in [0.25, 0.3) is 0 Å². The van der Waals surface area contributed by atoms with Crippen LogP contribution in [0.15, 0.2) is 24.9 Å². The number of hydrogen-bond acceptors (Lipinski definition) is 3. The Bertz CT molecular complexity index is 312. The molecule has 82 valence electrons. The van der Waals surface area contributed by atoms with Crippen LogP contribution in [0.4, 0.5) is 0 Å². The maximum atomic E-state index is 4.27. The molecule has 1 fully saturated rings. The minimum atomic E-state index is 0.800. The second-order valence-electron chi connectivity index (χ2n) is 3.82. The molecule has 0 unspecified atom stereocenters. The Balaban J connectivity index is 1.96. The molecule has 4 heteroatoms. The van der Waals surface area contributed by atoms with Crippen molar-refractivity contribution < 1.29 is 0 Å². The Labute approximate surface area is 90.6 Å². The third-order valence-corrected chi connectivity index (χ3v) is 2.70. The molecule has 0 radical (unpaired) electrons. The maximum Gasteiger partial charge on any atom is 0.0591 e. The van der Waals surface area contributed by atoms with Crippen molar-refractivity contribution in [2.45, 2.75) is 13.1 Å². The molecule has 1 saturated heterocycles. The molecule has 15 heavy (non-hydrogen) atoms. The van der Waals surface area contributed by atoms with E-state index in [4.69, 9.17) is 0 Å². The van der Waals surface area contributed by atoms with Crippen molar-refractivity contribution in [1.29, 1.82) is 0 Å².